The number of hydrogen-bond donors (Lipinski definition) is 3. The maximum atomic E-state index is 11.8. The molecular formula is C14H21N3O3. The second kappa shape index (κ2) is 7.37. The van der Waals surface area contributed by atoms with E-state index < -0.39 is 0 Å². The predicted molar refractivity (Wildman–Crippen MR) is 78.0 cm³/mol. The average Bonchev–Trinajstić information content (AvgIpc) is 2.36. The quantitative estimate of drug-likeness (QED) is 0.766. The van der Waals surface area contributed by atoms with Crippen LogP contribution in [-0.2, 0) is 4.79 Å². The Labute approximate surface area is 118 Å². The van der Waals surface area contributed by atoms with Gasteiger partial charge in [0, 0.05) is 6.04 Å². The van der Waals surface area contributed by atoms with Crippen LogP contribution < -0.4 is 20.7 Å². The summed E-state index contributed by atoms with van der Waals surface area (Å²) in [6.07, 6.45) is 0. The molecule has 0 atom stereocenters. The predicted octanol–water partition coefficient (Wildman–Crippen LogP) is 1.65. The van der Waals surface area contributed by atoms with Crippen molar-refractivity contribution in [2.24, 2.45) is 0 Å². The van der Waals surface area contributed by atoms with Gasteiger partial charge in [0.1, 0.15) is 5.75 Å². The molecule has 0 aliphatic carbocycles. The van der Waals surface area contributed by atoms with Gasteiger partial charge in [-0.1, -0.05) is 6.07 Å². The van der Waals surface area contributed by atoms with Crippen LogP contribution in [0.25, 0.3) is 0 Å². The van der Waals surface area contributed by atoms with E-state index in [2.05, 4.69) is 16.0 Å². The van der Waals surface area contributed by atoms with Crippen molar-refractivity contribution in [2.75, 3.05) is 19.0 Å². The minimum absolute atomic E-state index is 0.0231. The molecule has 3 amide bonds. The van der Waals surface area contributed by atoms with E-state index in [0.717, 1.165) is 5.56 Å². The first kappa shape index (κ1) is 15.8. The Morgan fingerprint density at radius 2 is 2.00 bits per heavy atom. The van der Waals surface area contributed by atoms with Crippen LogP contribution in [0, 0.1) is 6.92 Å². The van der Waals surface area contributed by atoms with Crippen molar-refractivity contribution in [2.45, 2.75) is 26.8 Å². The molecule has 6 heteroatoms. The number of benzene rings is 1. The third-order valence-corrected chi connectivity index (χ3v) is 2.46. The number of rotatable bonds is 5. The van der Waals surface area contributed by atoms with Crippen molar-refractivity contribution in [3.8, 4) is 5.75 Å². The van der Waals surface area contributed by atoms with Crippen molar-refractivity contribution in [1.82, 2.24) is 10.6 Å². The molecule has 0 aliphatic heterocycles. The highest BCUT2D eigenvalue weighted by molar-refractivity contribution is 5.95. The smallest absolute Gasteiger partial charge is 0.315 e. The van der Waals surface area contributed by atoms with Crippen LogP contribution >= 0.6 is 0 Å². The summed E-state index contributed by atoms with van der Waals surface area (Å²) in [6.45, 7) is 5.51. The molecular weight excluding hydrogens is 258 g/mol. The zero-order valence-electron chi connectivity index (χ0n) is 12.2. The second-order valence-electron chi connectivity index (χ2n) is 4.73. The largest absolute Gasteiger partial charge is 0.495 e. The molecule has 0 saturated carbocycles. The first-order valence-corrected chi connectivity index (χ1v) is 6.41. The van der Waals surface area contributed by atoms with E-state index in [4.69, 9.17) is 4.74 Å². The Hall–Kier alpha value is -2.24. The number of carbonyl (C=O) groups excluding carboxylic acids is 2. The Balaban J connectivity index is 2.54. The molecule has 20 heavy (non-hydrogen) atoms. The van der Waals surface area contributed by atoms with Crippen LogP contribution in [0.1, 0.15) is 19.4 Å². The standard InChI is InChI=1S/C14H21N3O3/c1-9(2)16-14(19)15-8-13(18)17-11-7-10(3)5-6-12(11)20-4/h5-7,9H,8H2,1-4H3,(H,17,18)(H2,15,16,19). The number of nitrogens with one attached hydrogen (secondary N) is 3. The van der Waals surface area contributed by atoms with E-state index >= 15 is 0 Å². The van der Waals surface area contributed by atoms with Gasteiger partial charge in [0.2, 0.25) is 5.91 Å². The van der Waals surface area contributed by atoms with Gasteiger partial charge in [0.15, 0.2) is 0 Å². The number of hydrogen-bond acceptors (Lipinski definition) is 3. The minimum Gasteiger partial charge on any atom is -0.495 e. The van der Waals surface area contributed by atoms with E-state index in [1.54, 1.807) is 6.07 Å². The molecule has 0 unspecified atom stereocenters. The molecule has 110 valence electrons. The highest BCUT2D eigenvalue weighted by Crippen LogP contribution is 2.24. The number of carbonyl (C=O) groups is 2. The zero-order chi connectivity index (χ0) is 15.1. The van der Waals surface area contributed by atoms with Crippen LogP contribution in [0.4, 0.5) is 10.5 Å². The topological polar surface area (TPSA) is 79.5 Å². The van der Waals surface area contributed by atoms with E-state index in [1.165, 1.54) is 7.11 Å². The third-order valence-electron chi connectivity index (χ3n) is 2.46. The molecule has 0 radical (unpaired) electrons. The number of methoxy groups -OCH3 is 1. The van der Waals surface area contributed by atoms with Crippen molar-refractivity contribution >= 4 is 17.6 Å². The van der Waals surface area contributed by atoms with Crippen LogP contribution in [0.15, 0.2) is 18.2 Å². The van der Waals surface area contributed by atoms with Crippen LogP contribution in [0.5, 0.6) is 5.75 Å². The fourth-order valence-corrected chi connectivity index (χ4v) is 1.59. The van der Waals surface area contributed by atoms with Crippen molar-refractivity contribution in [3.63, 3.8) is 0 Å². The van der Waals surface area contributed by atoms with Crippen LogP contribution in [0.3, 0.4) is 0 Å². The molecule has 0 saturated heterocycles. The van der Waals surface area contributed by atoms with Gasteiger partial charge < -0.3 is 20.7 Å². The van der Waals surface area contributed by atoms with Gasteiger partial charge in [0.25, 0.3) is 0 Å². The zero-order valence-corrected chi connectivity index (χ0v) is 12.2. The lowest BCUT2D eigenvalue weighted by atomic mass is 10.2. The van der Waals surface area contributed by atoms with Gasteiger partial charge in [-0.3, -0.25) is 4.79 Å². The molecule has 1 rings (SSSR count). The molecule has 0 bridgehead atoms. The van der Waals surface area contributed by atoms with E-state index in [1.807, 2.05) is 32.9 Å². The molecule has 0 aliphatic rings. The number of amides is 3. The van der Waals surface area contributed by atoms with Crippen molar-refractivity contribution < 1.29 is 14.3 Å². The number of urea groups is 1. The second-order valence-corrected chi connectivity index (χ2v) is 4.73. The molecule has 6 nitrogen and oxygen atoms in total. The normalized spacial score (nSPS) is 10.1. The minimum atomic E-state index is -0.369. The first-order valence-electron chi connectivity index (χ1n) is 6.41. The summed E-state index contributed by atoms with van der Waals surface area (Å²) < 4.78 is 5.17. The number of anilines is 1. The number of ether oxygens (including phenoxy) is 1. The Morgan fingerprint density at radius 3 is 2.60 bits per heavy atom. The van der Waals surface area contributed by atoms with E-state index in [9.17, 15) is 9.59 Å². The van der Waals surface area contributed by atoms with Crippen LogP contribution in [0.2, 0.25) is 0 Å². The summed E-state index contributed by atoms with van der Waals surface area (Å²) in [5.41, 5.74) is 1.59. The molecule has 0 fully saturated rings. The fraction of sp³-hybridized carbons (Fsp3) is 0.429. The molecule has 0 aromatic heterocycles. The highest BCUT2D eigenvalue weighted by atomic mass is 16.5. The summed E-state index contributed by atoms with van der Waals surface area (Å²) in [5.74, 6) is 0.267. The molecule has 1 aromatic carbocycles. The Morgan fingerprint density at radius 1 is 1.30 bits per heavy atom. The first-order chi connectivity index (χ1) is 9.42. The van der Waals surface area contributed by atoms with E-state index in [-0.39, 0.29) is 24.5 Å². The SMILES string of the molecule is COc1ccc(C)cc1NC(=O)CNC(=O)NC(C)C. The van der Waals surface area contributed by atoms with Gasteiger partial charge in [-0.05, 0) is 38.5 Å². The van der Waals surface area contributed by atoms with Gasteiger partial charge in [0.05, 0.1) is 19.3 Å². The molecule has 0 heterocycles. The lowest BCUT2D eigenvalue weighted by molar-refractivity contribution is -0.115. The summed E-state index contributed by atoms with van der Waals surface area (Å²) in [6, 6.07) is 5.14. The molecule has 1 aromatic rings. The lowest BCUT2D eigenvalue weighted by Crippen LogP contribution is -2.42. The van der Waals surface area contributed by atoms with Crippen LogP contribution in [-0.4, -0.2) is 31.6 Å². The maximum Gasteiger partial charge on any atom is 0.315 e. The summed E-state index contributed by atoms with van der Waals surface area (Å²) >= 11 is 0. The fourth-order valence-electron chi connectivity index (χ4n) is 1.59. The average molecular weight is 279 g/mol. The van der Waals surface area contributed by atoms with Gasteiger partial charge in [-0.25, -0.2) is 4.79 Å². The van der Waals surface area contributed by atoms with Crippen molar-refractivity contribution in [3.05, 3.63) is 23.8 Å². The summed E-state index contributed by atoms with van der Waals surface area (Å²) in [4.78, 5) is 23.1. The van der Waals surface area contributed by atoms with E-state index in [0.29, 0.717) is 11.4 Å². The monoisotopic (exact) mass is 279 g/mol. The highest BCUT2D eigenvalue weighted by Gasteiger charge is 2.09. The third kappa shape index (κ3) is 5.17. The Bertz CT molecular complexity index is 487. The van der Waals surface area contributed by atoms with Crippen molar-refractivity contribution in [1.29, 1.82) is 0 Å². The van der Waals surface area contributed by atoms with Gasteiger partial charge in [-0.2, -0.15) is 0 Å². The Kier molecular flexibility index (Phi) is 5.83. The summed E-state index contributed by atoms with van der Waals surface area (Å²) in [5, 5.41) is 7.83. The van der Waals surface area contributed by atoms with Gasteiger partial charge >= 0.3 is 6.03 Å². The number of aryl methyl sites for hydroxylation is 1. The molecule has 3 N–H and O–H groups in total. The summed E-state index contributed by atoms with van der Waals surface area (Å²) in [7, 11) is 1.54. The lowest BCUT2D eigenvalue weighted by Gasteiger charge is -2.12. The van der Waals surface area contributed by atoms with Gasteiger partial charge in [-0.15, -0.1) is 0 Å². The maximum absolute atomic E-state index is 11.8. The molecule has 0 spiro atoms.